The van der Waals surface area contributed by atoms with Gasteiger partial charge in [0, 0.05) is 10.6 Å². The summed E-state index contributed by atoms with van der Waals surface area (Å²) in [5.41, 5.74) is 1.58. The third-order valence-electron chi connectivity index (χ3n) is 2.56. The number of nitrogens with one attached hydrogen (secondary N) is 1. The number of aromatic nitrogens is 1. The molecule has 0 unspecified atom stereocenters. The Morgan fingerprint density at radius 2 is 2.00 bits per heavy atom. The van der Waals surface area contributed by atoms with Crippen molar-refractivity contribution < 1.29 is 4.79 Å². The molecule has 4 heteroatoms. The molecule has 0 aliphatic heterocycles. The summed E-state index contributed by atoms with van der Waals surface area (Å²) in [6, 6.07) is 13.2. The number of carbonyl (C=O) groups excluding carboxylic acids is 1. The standard InChI is InChI=1S/C15H16N2OS/c1-3-19-13-9-5-4-8-12(13)15(18)17-14-10-6-7-11(2)16-14/h4-10H,3H2,1-2H3,(H,16,17,18). The molecule has 0 fully saturated rings. The van der Waals surface area contributed by atoms with Gasteiger partial charge in [-0.1, -0.05) is 25.1 Å². The monoisotopic (exact) mass is 272 g/mol. The van der Waals surface area contributed by atoms with Gasteiger partial charge in [-0.3, -0.25) is 4.79 Å². The molecule has 0 spiro atoms. The van der Waals surface area contributed by atoms with Crippen LogP contribution in [0.15, 0.2) is 47.4 Å². The zero-order valence-corrected chi connectivity index (χ0v) is 11.8. The summed E-state index contributed by atoms with van der Waals surface area (Å²) in [4.78, 5) is 17.5. The predicted octanol–water partition coefficient (Wildman–Crippen LogP) is 3.75. The van der Waals surface area contributed by atoms with Crippen LogP contribution in [0.2, 0.25) is 0 Å². The van der Waals surface area contributed by atoms with E-state index in [-0.39, 0.29) is 5.91 Å². The highest BCUT2D eigenvalue weighted by Gasteiger charge is 2.11. The number of pyridine rings is 1. The second-order valence-electron chi connectivity index (χ2n) is 4.05. The van der Waals surface area contributed by atoms with Gasteiger partial charge in [0.2, 0.25) is 0 Å². The predicted molar refractivity (Wildman–Crippen MR) is 79.8 cm³/mol. The smallest absolute Gasteiger partial charge is 0.257 e. The second kappa shape index (κ2) is 6.38. The Morgan fingerprint density at radius 3 is 2.74 bits per heavy atom. The van der Waals surface area contributed by atoms with Crippen LogP contribution in [-0.4, -0.2) is 16.6 Å². The van der Waals surface area contributed by atoms with Crippen LogP contribution in [0.3, 0.4) is 0 Å². The third kappa shape index (κ3) is 3.58. The van der Waals surface area contributed by atoms with Gasteiger partial charge < -0.3 is 5.32 Å². The zero-order chi connectivity index (χ0) is 13.7. The summed E-state index contributed by atoms with van der Waals surface area (Å²) in [6.07, 6.45) is 0. The first kappa shape index (κ1) is 13.6. The van der Waals surface area contributed by atoms with Crippen LogP contribution < -0.4 is 5.32 Å². The summed E-state index contributed by atoms with van der Waals surface area (Å²) in [6.45, 7) is 3.97. The first-order chi connectivity index (χ1) is 9.20. The van der Waals surface area contributed by atoms with Crippen LogP contribution in [0, 0.1) is 6.92 Å². The lowest BCUT2D eigenvalue weighted by atomic mass is 10.2. The molecule has 0 aliphatic carbocycles. The molecule has 0 radical (unpaired) electrons. The molecule has 1 heterocycles. The first-order valence-corrected chi connectivity index (χ1v) is 7.16. The van der Waals surface area contributed by atoms with E-state index in [4.69, 9.17) is 0 Å². The number of aryl methyl sites for hydroxylation is 1. The fraction of sp³-hybridized carbons (Fsp3) is 0.200. The van der Waals surface area contributed by atoms with Gasteiger partial charge in [-0.15, -0.1) is 11.8 Å². The molecule has 98 valence electrons. The van der Waals surface area contributed by atoms with Crippen molar-refractivity contribution in [3.05, 3.63) is 53.7 Å². The molecule has 0 saturated carbocycles. The van der Waals surface area contributed by atoms with E-state index in [1.54, 1.807) is 17.8 Å². The van der Waals surface area contributed by atoms with E-state index in [0.29, 0.717) is 11.4 Å². The van der Waals surface area contributed by atoms with Crippen molar-refractivity contribution in [2.45, 2.75) is 18.7 Å². The highest BCUT2D eigenvalue weighted by Crippen LogP contribution is 2.22. The maximum Gasteiger partial charge on any atom is 0.257 e. The van der Waals surface area contributed by atoms with Crippen molar-refractivity contribution in [3.8, 4) is 0 Å². The summed E-state index contributed by atoms with van der Waals surface area (Å²) < 4.78 is 0. The van der Waals surface area contributed by atoms with E-state index in [1.165, 1.54) is 0 Å². The van der Waals surface area contributed by atoms with Gasteiger partial charge >= 0.3 is 0 Å². The Balaban J connectivity index is 2.20. The van der Waals surface area contributed by atoms with Crippen molar-refractivity contribution in [1.82, 2.24) is 4.98 Å². The van der Waals surface area contributed by atoms with E-state index in [0.717, 1.165) is 16.3 Å². The number of anilines is 1. The molecule has 0 saturated heterocycles. The molecule has 2 rings (SSSR count). The largest absolute Gasteiger partial charge is 0.307 e. The quantitative estimate of drug-likeness (QED) is 0.862. The Labute approximate surface area is 117 Å². The molecule has 2 aromatic rings. The Hall–Kier alpha value is -1.81. The topological polar surface area (TPSA) is 42.0 Å². The molecule has 3 nitrogen and oxygen atoms in total. The van der Waals surface area contributed by atoms with Gasteiger partial charge in [-0.05, 0) is 36.9 Å². The first-order valence-electron chi connectivity index (χ1n) is 6.17. The van der Waals surface area contributed by atoms with Gasteiger partial charge in [-0.25, -0.2) is 4.98 Å². The lowest BCUT2D eigenvalue weighted by molar-refractivity contribution is 0.102. The molecular formula is C15H16N2OS. The number of thioether (sulfide) groups is 1. The average molecular weight is 272 g/mol. The van der Waals surface area contributed by atoms with E-state index < -0.39 is 0 Å². The molecule has 1 aromatic heterocycles. The normalized spacial score (nSPS) is 10.2. The molecule has 1 amide bonds. The summed E-state index contributed by atoms with van der Waals surface area (Å²) in [5, 5.41) is 2.83. The lowest BCUT2D eigenvalue weighted by Gasteiger charge is -2.09. The van der Waals surface area contributed by atoms with Crippen LogP contribution in [0.4, 0.5) is 5.82 Å². The number of benzene rings is 1. The minimum absolute atomic E-state index is 0.116. The molecule has 1 aromatic carbocycles. The van der Waals surface area contributed by atoms with E-state index in [2.05, 4.69) is 17.2 Å². The van der Waals surface area contributed by atoms with Crippen LogP contribution in [0.1, 0.15) is 23.0 Å². The molecular weight excluding hydrogens is 256 g/mol. The number of carbonyl (C=O) groups is 1. The summed E-state index contributed by atoms with van der Waals surface area (Å²) in [5.74, 6) is 1.41. The third-order valence-corrected chi connectivity index (χ3v) is 3.52. The van der Waals surface area contributed by atoms with E-state index >= 15 is 0 Å². The van der Waals surface area contributed by atoms with Crippen molar-refractivity contribution >= 4 is 23.5 Å². The highest BCUT2D eigenvalue weighted by atomic mass is 32.2. The fourth-order valence-corrected chi connectivity index (χ4v) is 2.53. The molecule has 1 N–H and O–H groups in total. The zero-order valence-electron chi connectivity index (χ0n) is 11.0. The van der Waals surface area contributed by atoms with Gasteiger partial charge in [0.1, 0.15) is 5.82 Å². The molecule has 0 aliphatic rings. The SMILES string of the molecule is CCSc1ccccc1C(=O)Nc1cccc(C)n1. The molecule has 0 atom stereocenters. The number of rotatable bonds is 4. The number of amides is 1. The van der Waals surface area contributed by atoms with Crippen LogP contribution in [-0.2, 0) is 0 Å². The van der Waals surface area contributed by atoms with Crippen LogP contribution >= 0.6 is 11.8 Å². The molecule has 19 heavy (non-hydrogen) atoms. The number of hydrogen-bond donors (Lipinski definition) is 1. The van der Waals surface area contributed by atoms with Gasteiger partial charge in [-0.2, -0.15) is 0 Å². The minimum atomic E-state index is -0.116. The highest BCUT2D eigenvalue weighted by molar-refractivity contribution is 7.99. The van der Waals surface area contributed by atoms with Crippen molar-refractivity contribution in [1.29, 1.82) is 0 Å². The average Bonchev–Trinajstić information content (AvgIpc) is 2.39. The number of nitrogens with zero attached hydrogens (tertiary/aromatic N) is 1. The van der Waals surface area contributed by atoms with E-state index in [1.807, 2.05) is 43.3 Å². The Kier molecular flexibility index (Phi) is 4.58. The van der Waals surface area contributed by atoms with Crippen molar-refractivity contribution in [2.75, 3.05) is 11.1 Å². The van der Waals surface area contributed by atoms with Gasteiger partial charge in [0.05, 0.1) is 5.56 Å². The van der Waals surface area contributed by atoms with E-state index in [9.17, 15) is 4.79 Å². The summed E-state index contributed by atoms with van der Waals surface area (Å²) >= 11 is 1.66. The fourth-order valence-electron chi connectivity index (χ4n) is 1.73. The Bertz CT molecular complexity index is 584. The maximum absolute atomic E-state index is 12.3. The lowest BCUT2D eigenvalue weighted by Crippen LogP contribution is -2.14. The molecule has 0 bridgehead atoms. The van der Waals surface area contributed by atoms with Crippen LogP contribution in [0.25, 0.3) is 0 Å². The second-order valence-corrected chi connectivity index (χ2v) is 5.35. The minimum Gasteiger partial charge on any atom is -0.307 e. The summed E-state index contributed by atoms with van der Waals surface area (Å²) in [7, 11) is 0. The number of hydrogen-bond acceptors (Lipinski definition) is 3. The van der Waals surface area contributed by atoms with Crippen molar-refractivity contribution in [3.63, 3.8) is 0 Å². The maximum atomic E-state index is 12.3. The van der Waals surface area contributed by atoms with Crippen molar-refractivity contribution in [2.24, 2.45) is 0 Å². The van der Waals surface area contributed by atoms with Gasteiger partial charge in [0.15, 0.2) is 0 Å². The van der Waals surface area contributed by atoms with Gasteiger partial charge in [0.25, 0.3) is 5.91 Å². The van der Waals surface area contributed by atoms with Crippen LogP contribution in [0.5, 0.6) is 0 Å². The Morgan fingerprint density at radius 1 is 1.21 bits per heavy atom.